The van der Waals surface area contributed by atoms with Gasteiger partial charge in [-0.1, -0.05) is 24.3 Å². The number of carbonyl (C=O) groups is 2. The molecule has 2 amide bonds. The van der Waals surface area contributed by atoms with E-state index in [0.717, 1.165) is 10.6 Å². The number of benzene rings is 2. The Hall–Kier alpha value is -2.87. The highest BCUT2D eigenvalue weighted by Gasteiger charge is 2.31. The average Bonchev–Trinajstić information content (AvgIpc) is 2.67. The van der Waals surface area contributed by atoms with Gasteiger partial charge in [0.05, 0.1) is 21.9 Å². The fourth-order valence-electron chi connectivity index (χ4n) is 2.87. The Morgan fingerprint density at radius 1 is 1.30 bits per heavy atom. The number of rotatable bonds is 5. The summed E-state index contributed by atoms with van der Waals surface area (Å²) < 4.78 is 0. The van der Waals surface area contributed by atoms with Crippen molar-refractivity contribution < 1.29 is 14.5 Å². The standard InChI is InChI=1S/C19H19N3O4S/c1-12(13-6-5-7-14(10-13)22(25)26)21(2)18(23)11-17-19(24)20-15-8-3-4-9-16(15)27-17/h3-10,12,17H,11H2,1-2H3,(H,20,24)/t12-,17-/m1/s1. The number of non-ortho nitro benzene ring substituents is 1. The maximum absolute atomic E-state index is 12.7. The number of nitro groups is 1. The molecule has 0 bridgehead atoms. The van der Waals surface area contributed by atoms with Gasteiger partial charge < -0.3 is 10.2 Å². The topological polar surface area (TPSA) is 92.6 Å². The molecular weight excluding hydrogens is 366 g/mol. The van der Waals surface area contributed by atoms with Gasteiger partial charge in [-0.3, -0.25) is 19.7 Å². The molecule has 1 heterocycles. The number of hydrogen-bond acceptors (Lipinski definition) is 5. The van der Waals surface area contributed by atoms with Crippen LogP contribution in [0.3, 0.4) is 0 Å². The van der Waals surface area contributed by atoms with E-state index in [9.17, 15) is 19.7 Å². The minimum absolute atomic E-state index is 0.0148. The largest absolute Gasteiger partial charge is 0.339 e. The first-order valence-corrected chi connectivity index (χ1v) is 9.31. The number of para-hydroxylation sites is 1. The summed E-state index contributed by atoms with van der Waals surface area (Å²) in [5.74, 6) is -0.385. The van der Waals surface area contributed by atoms with Crippen molar-refractivity contribution in [3.8, 4) is 0 Å². The highest BCUT2D eigenvalue weighted by atomic mass is 32.2. The molecule has 0 spiro atoms. The van der Waals surface area contributed by atoms with E-state index in [2.05, 4.69) is 5.32 Å². The Balaban J connectivity index is 1.69. The van der Waals surface area contributed by atoms with Crippen molar-refractivity contribution in [2.24, 2.45) is 0 Å². The molecule has 8 heteroatoms. The number of nitrogens with one attached hydrogen (secondary N) is 1. The zero-order valence-electron chi connectivity index (χ0n) is 14.9. The number of anilines is 1. The molecular formula is C19H19N3O4S. The Morgan fingerprint density at radius 3 is 2.78 bits per heavy atom. The highest BCUT2D eigenvalue weighted by Crippen LogP contribution is 2.37. The minimum Gasteiger partial charge on any atom is -0.339 e. The molecule has 27 heavy (non-hydrogen) atoms. The second-order valence-electron chi connectivity index (χ2n) is 6.33. The fraction of sp³-hybridized carbons (Fsp3) is 0.263. The molecule has 1 aliphatic heterocycles. The molecule has 0 radical (unpaired) electrons. The van der Waals surface area contributed by atoms with Crippen LogP contribution in [0.15, 0.2) is 53.4 Å². The molecule has 2 atom stereocenters. The van der Waals surface area contributed by atoms with Crippen molar-refractivity contribution in [3.63, 3.8) is 0 Å². The molecule has 3 rings (SSSR count). The van der Waals surface area contributed by atoms with Gasteiger partial charge in [0.2, 0.25) is 11.8 Å². The Morgan fingerprint density at radius 2 is 2.04 bits per heavy atom. The monoisotopic (exact) mass is 385 g/mol. The second-order valence-corrected chi connectivity index (χ2v) is 7.57. The number of amides is 2. The van der Waals surface area contributed by atoms with E-state index in [0.29, 0.717) is 5.56 Å². The Labute approximate surface area is 160 Å². The normalized spacial score (nSPS) is 16.8. The molecule has 0 unspecified atom stereocenters. The lowest BCUT2D eigenvalue weighted by Gasteiger charge is -2.28. The summed E-state index contributed by atoms with van der Waals surface area (Å²) in [5.41, 5.74) is 1.42. The molecule has 0 saturated heterocycles. The molecule has 140 valence electrons. The van der Waals surface area contributed by atoms with Gasteiger partial charge in [0, 0.05) is 30.5 Å². The van der Waals surface area contributed by atoms with Crippen molar-refractivity contribution in [1.82, 2.24) is 4.90 Å². The second kappa shape index (κ2) is 7.79. The third kappa shape index (κ3) is 4.11. The molecule has 1 N–H and O–H groups in total. The molecule has 1 aliphatic rings. The van der Waals surface area contributed by atoms with Crippen LogP contribution in [0.25, 0.3) is 0 Å². The van der Waals surface area contributed by atoms with Crippen LogP contribution in [-0.4, -0.2) is 33.9 Å². The minimum atomic E-state index is -0.507. The van der Waals surface area contributed by atoms with Crippen molar-refractivity contribution in [1.29, 1.82) is 0 Å². The molecule has 0 aromatic heterocycles. The quantitative estimate of drug-likeness (QED) is 0.627. The van der Waals surface area contributed by atoms with E-state index in [1.54, 1.807) is 26.1 Å². The van der Waals surface area contributed by atoms with Gasteiger partial charge in [-0.15, -0.1) is 11.8 Å². The van der Waals surface area contributed by atoms with Gasteiger partial charge in [0.15, 0.2) is 0 Å². The summed E-state index contributed by atoms with van der Waals surface area (Å²) in [5, 5.41) is 13.3. The Kier molecular flexibility index (Phi) is 5.46. The maximum Gasteiger partial charge on any atom is 0.269 e. The van der Waals surface area contributed by atoms with Crippen LogP contribution >= 0.6 is 11.8 Å². The third-order valence-electron chi connectivity index (χ3n) is 4.60. The van der Waals surface area contributed by atoms with Gasteiger partial charge in [-0.2, -0.15) is 0 Å². The number of nitro benzene ring substituents is 1. The molecule has 0 aliphatic carbocycles. The van der Waals surface area contributed by atoms with Gasteiger partial charge in [0.25, 0.3) is 5.69 Å². The van der Waals surface area contributed by atoms with E-state index in [4.69, 9.17) is 0 Å². The lowest BCUT2D eigenvalue weighted by molar-refractivity contribution is -0.384. The smallest absolute Gasteiger partial charge is 0.269 e. The molecule has 2 aromatic carbocycles. The summed E-state index contributed by atoms with van der Waals surface area (Å²) >= 11 is 1.38. The number of carbonyl (C=O) groups excluding carboxylic acids is 2. The SMILES string of the molecule is C[C@H](c1cccc([N+](=O)[O-])c1)N(C)C(=O)C[C@H]1Sc2ccccc2NC1=O. The lowest BCUT2D eigenvalue weighted by Crippen LogP contribution is -2.36. The first-order chi connectivity index (χ1) is 12.9. The van der Waals surface area contributed by atoms with Crippen molar-refractivity contribution >= 4 is 35.0 Å². The summed E-state index contributed by atoms with van der Waals surface area (Å²) in [6.45, 7) is 1.81. The number of thioether (sulfide) groups is 1. The summed E-state index contributed by atoms with van der Waals surface area (Å²) in [7, 11) is 1.64. The average molecular weight is 385 g/mol. The van der Waals surface area contributed by atoms with Crippen LogP contribution in [0.2, 0.25) is 0 Å². The summed E-state index contributed by atoms with van der Waals surface area (Å²) in [4.78, 5) is 38.0. The molecule has 2 aromatic rings. The van der Waals surface area contributed by atoms with E-state index < -0.39 is 10.2 Å². The molecule has 7 nitrogen and oxygen atoms in total. The fourth-order valence-corrected chi connectivity index (χ4v) is 3.97. The summed E-state index contributed by atoms with van der Waals surface area (Å²) in [6.07, 6.45) is 0.0562. The van der Waals surface area contributed by atoms with Crippen LogP contribution in [0.4, 0.5) is 11.4 Å². The number of fused-ring (bicyclic) bond motifs is 1. The van der Waals surface area contributed by atoms with Crippen molar-refractivity contribution in [2.75, 3.05) is 12.4 Å². The maximum atomic E-state index is 12.7. The molecule has 0 saturated carbocycles. The van der Waals surface area contributed by atoms with Crippen LogP contribution in [0.1, 0.15) is 24.9 Å². The first kappa shape index (κ1) is 18.9. The highest BCUT2D eigenvalue weighted by molar-refractivity contribution is 8.01. The Bertz CT molecular complexity index is 902. The zero-order chi connectivity index (χ0) is 19.6. The van der Waals surface area contributed by atoms with Crippen molar-refractivity contribution in [3.05, 3.63) is 64.2 Å². The van der Waals surface area contributed by atoms with Crippen LogP contribution in [0.5, 0.6) is 0 Å². The van der Waals surface area contributed by atoms with Gasteiger partial charge >= 0.3 is 0 Å². The third-order valence-corrected chi connectivity index (χ3v) is 5.88. The van der Waals surface area contributed by atoms with Crippen LogP contribution in [0, 0.1) is 10.1 Å². The predicted octanol–water partition coefficient (Wildman–Crippen LogP) is 3.62. The first-order valence-electron chi connectivity index (χ1n) is 8.43. The zero-order valence-corrected chi connectivity index (χ0v) is 15.7. The van der Waals surface area contributed by atoms with E-state index in [1.807, 2.05) is 24.3 Å². The number of hydrogen-bond donors (Lipinski definition) is 1. The van der Waals surface area contributed by atoms with Crippen LogP contribution < -0.4 is 5.32 Å². The van der Waals surface area contributed by atoms with Crippen LogP contribution in [-0.2, 0) is 9.59 Å². The van der Waals surface area contributed by atoms with Gasteiger partial charge in [-0.25, -0.2) is 0 Å². The van der Waals surface area contributed by atoms with Gasteiger partial charge in [0.1, 0.15) is 0 Å². The van der Waals surface area contributed by atoms with E-state index >= 15 is 0 Å². The van der Waals surface area contributed by atoms with E-state index in [1.165, 1.54) is 28.8 Å². The van der Waals surface area contributed by atoms with E-state index in [-0.39, 0.29) is 30.0 Å². The lowest BCUT2D eigenvalue weighted by atomic mass is 10.1. The summed E-state index contributed by atoms with van der Waals surface area (Å²) in [6, 6.07) is 13.4. The predicted molar refractivity (Wildman–Crippen MR) is 104 cm³/mol. The van der Waals surface area contributed by atoms with Gasteiger partial charge in [-0.05, 0) is 24.6 Å². The molecule has 0 fully saturated rings. The number of nitrogens with zero attached hydrogens (tertiary/aromatic N) is 2. The van der Waals surface area contributed by atoms with Crippen molar-refractivity contribution in [2.45, 2.75) is 29.5 Å².